The van der Waals surface area contributed by atoms with Crippen LogP contribution in [0.5, 0.6) is 11.5 Å². The average molecular weight is 570 g/mol. The van der Waals surface area contributed by atoms with Crippen molar-refractivity contribution < 1.29 is 38.9 Å². The van der Waals surface area contributed by atoms with E-state index in [1.54, 1.807) is 24.3 Å². The smallest absolute Gasteiger partial charge is 0.325 e. The third-order valence-electron chi connectivity index (χ3n) is 6.31. The van der Waals surface area contributed by atoms with Crippen LogP contribution in [0.25, 0.3) is 0 Å². The first-order valence-corrected chi connectivity index (χ1v) is 13.3. The van der Waals surface area contributed by atoms with Gasteiger partial charge in [0.1, 0.15) is 19.3 Å². The molecule has 4 aromatic carbocycles. The molecule has 0 spiro atoms. The Hall–Kier alpha value is -4.99. The van der Waals surface area contributed by atoms with Crippen molar-refractivity contribution in [3.05, 3.63) is 131 Å². The number of ketones is 1. The minimum atomic E-state index is -0.930. The van der Waals surface area contributed by atoms with E-state index in [9.17, 15) is 24.6 Å². The number of hydrogen-bond acceptors (Lipinski definition) is 9. The molecule has 4 aromatic rings. The van der Waals surface area contributed by atoms with Crippen molar-refractivity contribution in [3.63, 3.8) is 0 Å². The lowest BCUT2D eigenvalue weighted by molar-refractivity contribution is -0.154. The molecule has 0 unspecified atom stereocenters. The van der Waals surface area contributed by atoms with Gasteiger partial charge in [-0.2, -0.15) is 5.48 Å². The number of hydroxylamine groups is 1. The Bertz CT molecular complexity index is 1470. The summed E-state index contributed by atoms with van der Waals surface area (Å²) in [6.45, 7) is 0.277. The van der Waals surface area contributed by atoms with Gasteiger partial charge in [-0.1, -0.05) is 84.9 Å². The van der Waals surface area contributed by atoms with Crippen molar-refractivity contribution in [2.75, 3.05) is 0 Å². The van der Waals surface area contributed by atoms with Gasteiger partial charge in [0, 0.05) is 17.5 Å². The third kappa shape index (κ3) is 9.02. The number of rotatable bonds is 14. The van der Waals surface area contributed by atoms with Crippen LogP contribution in [0.4, 0.5) is 0 Å². The van der Waals surface area contributed by atoms with Gasteiger partial charge in [-0.05, 0) is 41.3 Å². The first-order valence-electron chi connectivity index (χ1n) is 13.3. The van der Waals surface area contributed by atoms with E-state index in [-0.39, 0.29) is 55.5 Å². The summed E-state index contributed by atoms with van der Waals surface area (Å²) in [5, 5.41) is 19.1. The zero-order valence-corrected chi connectivity index (χ0v) is 22.8. The molecule has 216 valence electrons. The van der Waals surface area contributed by atoms with E-state index < -0.39 is 18.0 Å². The average Bonchev–Trinajstić information content (AvgIpc) is 3.02. The molecule has 9 heteroatoms. The number of benzene rings is 4. The van der Waals surface area contributed by atoms with Crippen LogP contribution < -0.4 is 5.48 Å². The Morgan fingerprint density at radius 2 is 1.21 bits per heavy atom. The number of carbonyl (C=O) groups is 3. The first-order chi connectivity index (χ1) is 20.4. The predicted octanol–water partition coefficient (Wildman–Crippen LogP) is 4.99. The lowest BCUT2D eigenvalue weighted by atomic mass is 10.0. The molecule has 0 saturated heterocycles. The van der Waals surface area contributed by atoms with Crippen LogP contribution in [0.1, 0.15) is 45.5 Å². The van der Waals surface area contributed by atoms with Crippen LogP contribution in [-0.2, 0) is 43.7 Å². The number of ether oxygens (including phenoxy) is 2. The Kier molecular flexibility index (Phi) is 10.8. The Balaban J connectivity index is 1.31. The zero-order valence-electron chi connectivity index (χ0n) is 22.8. The number of hydrogen-bond donors (Lipinski definition) is 3. The van der Waals surface area contributed by atoms with Crippen molar-refractivity contribution in [1.29, 1.82) is 0 Å². The number of phenolic OH excluding ortho intramolecular Hbond substituents is 2. The molecule has 0 fully saturated rings. The number of esters is 2. The second kappa shape index (κ2) is 15.1. The summed E-state index contributed by atoms with van der Waals surface area (Å²) in [5.41, 5.74) is 5.72. The van der Waals surface area contributed by atoms with Gasteiger partial charge in [0.25, 0.3) is 0 Å². The molecule has 0 bridgehead atoms. The second-order valence-corrected chi connectivity index (χ2v) is 9.47. The van der Waals surface area contributed by atoms with Crippen LogP contribution >= 0.6 is 0 Å². The molecule has 9 nitrogen and oxygen atoms in total. The molecule has 0 aromatic heterocycles. The first kappa shape index (κ1) is 30.0. The lowest BCUT2D eigenvalue weighted by Gasteiger charge is -2.17. The van der Waals surface area contributed by atoms with Crippen molar-refractivity contribution in [2.24, 2.45) is 0 Å². The number of carbonyl (C=O) groups excluding carboxylic acids is 3. The van der Waals surface area contributed by atoms with E-state index in [0.717, 1.165) is 11.1 Å². The largest absolute Gasteiger partial charge is 0.504 e. The highest BCUT2D eigenvalue weighted by Crippen LogP contribution is 2.26. The lowest BCUT2D eigenvalue weighted by Crippen LogP contribution is -2.38. The van der Waals surface area contributed by atoms with Crippen LogP contribution in [0.3, 0.4) is 0 Å². The summed E-state index contributed by atoms with van der Waals surface area (Å²) in [7, 11) is 0. The van der Waals surface area contributed by atoms with E-state index in [1.165, 1.54) is 18.2 Å². The fraction of sp³-hybridized carbons (Fsp3) is 0.182. The highest BCUT2D eigenvalue weighted by molar-refractivity contribution is 6.09. The number of aromatic hydroxyl groups is 2. The summed E-state index contributed by atoms with van der Waals surface area (Å²) < 4.78 is 10.8. The monoisotopic (exact) mass is 569 g/mol. The molecule has 1 atom stereocenters. The predicted molar refractivity (Wildman–Crippen MR) is 153 cm³/mol. The molecule has 3 N–H and O–H groups in total. The van der Waals surface area contributed by atoms with E-state index in [0.29, 0.717) is 11.1 Å². The van der Waals surface area contributed by atoms with Gasteiger partial charge < -0.3 is 19.7 Å². The van der Waals surface area contributed by atoms with E-state index >= 15 is 0 Å². The van der Waals surface area contributed by atoms with Crippen LogP contribution in [0.2, 0.25) is 0 Å². The minimum absolute atomic E-state index is 0.0298. The molecule has 0 saturated carbocycles. The van der Waals surface area contributed by atoms with Crippen molar-refractivity contribution in [1.82, 2.24) is 5.48 Å². The van der Waals surface area contributed by atoms with Gasteiger partial charge >= 0.3 is 11.9 Å². The van der Waals surface area contributed by atoms with E-state index in [4.69, 9.17) is 14.3 Å². The maximum atomic E-state index is 12.9. The van der Waals surface area contributed by atoms with E-state index in [2.05, 4.69) is 5.48 Å². The summed E-state index contributed by atoms with van der Waals surface area (Å²) in [6, 6.07) is 28.1. The van der Waals surface area contributed by atoms with Crippen molar-refractivity contribution >= 4 is 17.7 Å². The second-order valence-electron chi connectivity index (χ2n) is 9.47. The Morgan fingerprint density at radius 1 is 0.643 bits per heavy atom. The zero-order chi connectivity index (χ0) is 29.7. The van der Waals surface area contributed by atoms with Crippen molar-refractivity contribution in [3.8, 4) is 11.5 Å². The van der Waals surface area contributed by atoms with Gasteiger partial charge in [0.15, 0.2) is 17.3 Å². The van der Waals surface area contributed by atoms with E-state index in [1.807, 2.05) is 60.7 Å². The van der Waals surface area contributed by atoms with Gasteiger partial charge in [0.05, 0.1) is 6.61 Å². The normalized spacial score (nSPS) is 11.4. The molecule has 0 aliphatic carbocycles. The van der Waals surface area contributed by atoms with Gasteiger partial charge in [-0.25, -0.2) is 0 Å². The SMILES string of the molecule is O=C(CC[C@H](NOCc1ccc(C(=O)c2ccc(O)c(O)c2)cc1)C(=O)OCc1ccccc1)OCc1ccccc1. The van der Waals surface area contributed by atoms with Gasteiger partial charge in [0.2, 0.25) is 0 Å². The van der Waals surface area contributed by atoms with Crippen LogP contribution in [0, 0.1) is 0 Å². The molecule has 0 amide bonds. The molecule has 42 heavy (non-hydrogen) atoms. The molecule has 0 radical (unpaired) electrons. The fourth-order valence-corrected chi connectivity index (χ4v) is 3.94. The third-order valence-corrected chi connectivity index (χ3v) is 6.31. The van der Waals surface area contributed by atoms with Crippen molar-refractivity contribution in [2.45, 2.75) is 38.7 Å². The van der Waals surface area contributed by atoms with Gasteiger partial charge in [-0.3, -0.25) is 19.2 Å². The molecular weight excluding hydrogens is 538 g/mol. The molecule has 0 heterocycles. The summed E-state index contributed by atoms with van der Waals surface area (Å²) in [4.78, 5) is 43.5. The molecule has 0 aliphatic rings. The quantitative estimate of drug-likeness (QED) is 0.0832. The maximum Gasteiger partial charge on any atom is 0.325 e. The van der Waals surface area contributed by atoms with Gasteiger partial charge in [-0.15, -0.1) is 0 Å². The Labute approximate surface area is 243 Å². The summed E-state index contributed by atoms with van der Waals surface area (Å²) in [6.07, 6.45) is 0.0616. The number of nitrogens with one attached hydrogen (secondary N) is 1. The number of phenols is 2. The summed E-state index contributed by atoms with van der Waals surface area (Å²) >= 11 is 0. The molecule has 0 aliphatic heterocycles. The van der Waals surface area contributed by atoms with Crippen LogP contribution in [0.15, 0.2) is 103 Å². The fourth-order valence-electron chi connectivity index (χ4n) is 3.94. The standard InChI is InChI=1S/C33H31NO8/c35-29-17-15-27(19-30(29)36)32(38)26-13-11-25(12-14-26)22-42-34-28(33(39)41-21-24-9-5-2-6-10-24)16-18-31(37)40-20-23-7-3-1-4-8-23/h1-15,17,19,28,34-36H,16,18,20-22H2/t28-/m0/s1. The Morgan fingerprint density at radius 3 is 1.83 bits per heavy atom. The molecular formula is C33H31NO8. The minimum Gasteiger partial charge on any atom is -0.504 e. The topological polar surface area (TPSA) is 131 Å². The summed E-state index contributed by atoms with van der Waals surface area (Å²) in [5.74, 6) is -2.04. The highest BCUT2D eigenvalue weighted by Gasteiger charge is 2.22. The highest BCUT2D eigenvalue weighted by atomic mass is 16.6. The van der Waals surface area contributed by atoms with Crippen LogP contribution in [-0.4, -0.2) is 34.0 Å². The molecule has 4 rings (SSSR count). The maximum absolute atomic E-state index is 12.9.